The Morgan fingerprint density at radius 1 is 1.17 bits per heavy atom. The van der Waals surface area contributed by atoms with Gasteiger partial charge in [0.25, 0.3) is 10.0 Å². The Labute approximate surface area is 134 Å². The molecule has 0 saturated carbocycles. The van der Waals surface area contributed by atoms with Crippen LogP contribution in [-0.4, -0.2) is 34.5 Å². The van der Waals surface area contributed by atoms with Crippen molar-refractivity contribution in [1.82, 2.24) is 19.6 Å². The van der Waals surface area contributed by atoms with E-state index in [-0.39, 0.29) is 10.9 Å². The fraction of sp³-hybridized carbons (Fsp3) is 0.333. The highest BCUT2D eigenvalue weighted by Gasteiger charge is 2.35. The van der Waals surface area contributed by atoms with Crippen LogP contribution in [-0.2, 0) is 23.6 Å². The fourth-order valence-electron chi connectivity index (χ4n) is 3.16. The van der Waals surface area contributed by atoms with Crippen LogP contribution in [0, 0.1) is 5.92 Å². The first kappa shape index (κ1) is 14.3. The molecule has 120 valence electrons. The predicted octanol–water partition coefficient (Wildman–Crippen LogP) is 1.61. The van der Waals surface area contributed by atoms with Gasteiger partial charge >= 0.3 is 0 Å². The summed E-state index contributed by atoms with van der Waals surface area (Å²) in [6.45, 7) is 3.18. The van der Waals surface area contributed by atoms with Gasteiger partial charge in [-0.15, -0.1) is 0 Å². The third-order valence-electron chi connectivity index (χ3n) is 4.13. The first-order valence-electron chi connectivity index (χ1n) is 7.45. The zero-order chi connectivity index (χ0) is 16.2. The maximum atomic E-state index is 13.3. The molecular weight excluding hydrogens is 314 g/mol. The Balaban J connectivity index is 1.93. The van der Waals surface area contributed by atoms with Gasteiger partial charge in [0.1, 0.15) is 5.82 Å². The Morgan fingerprint density at radius 2 is 1.96 bits per heavy atom. The molecule has 1 unspecified atom stereocenters. The molecule has 1 aliphatic rings. The molecule has 1 aliphatic heterocycles. The van der Waals surface area contributed by atoms with Crippen LogP contribution in [0.5, 0.6) is 0 Å². The molecule has 7 nitrogen and oxygen atoms in total. The van der Waals surface area contributed by atoms with Crippen LogP contribution in [0.15, 0.2) is 41.6 Å². The highest BCUT2D eigenvalue weighted by molar-refractivity contribution is 7.93. The highest BCUT2D eigenvalue weighted by atomic mass is 32.2. The van der Waals surface area contributed by atoms with Crippen LogP contribution >= 0.6 is 0 Å². The number of hydrogen-bond donors (Lipinski definition) is 0. The lowest BCUT2D eigenvalue weighted by Gasteiger charge is -2.32. The molecule has 1 atom stereocenters. The van der Waals surface area contributed by atoms with E-state index in [4.69, 9.17) is 0 Å². The summed E-state index contributed by atoms with van der Waals surface area (Å²) in [6.07, 6.45) is 1.64. The van der Waals surface area contributed by atoms with Gasteiger partial charge in [-0.05, 0) is 18.1 Å². The summed E-state index contributed by atoms with van der Waals surface area (Å²) in [6, 6.07) is 9.02. The second kappa shape index (κ2) is 4.82. The molecule has 4 rings (SSSR count). The van der Waals surface area contributed by atoms with Gasteiger partial charge in [-0.25, -0.2) is 8.99 Å². The van der Waals surface area contributed by atoms with Gasteiger partial charge in [0, 0.05) is 31.6 Å². The molecule has 0 fully saturated rings. The van der Waals surface area contributed by atoms with Crippen molar-refractivity contribution in [3.05, 3.63) is 36.5 Å². The van der Waals surface area contributed by atoms with Crippen LogP contribution in [0.1, 0.15) is 6.92 Å². The number of benzene rings is 1. The first-order valence-corrected chi connectivity index (χ1v) is 8.89. The van der Waals surface area contributed by atoms with E-state index in [2.05, 4.69) is 10.2 Å². The van der Waals surface area contributed by atoms with Crippen molar-refractivity contribution in [3.63, 3.8) is 0 Å². The average molecular weight is 331 g/mol. The molecule has 2 aromatic heterocycles. The van der Waals surface area contributed by atoms with E-state index < -0.39 is 10.0 Å². The van der Waals surface area contributed by atoms with Gasteiger partial charge in [0.15, 0.2) is 5.03 Å². The largest absolute Gasteiger partial charge is 0.283 e. The molecule has 23 heavy (non-hydrogen) atoms. The van der Waals surface area contributed by atoms with E-state index in [9.17, 15) is 8.42 Å². The standard InChI is InChI=1S/C15H17N5O2S/c1-11-9-19-14(7-8-16-19)20(10-11)23(21,22)15-12-5-3-4-6-13(12)17-18(15)2/h3-8,11H,9-10H2,1-2H3. The van der Waals surface area contributed by atoms with Gasteiger partial charge in [-0.2, -0.15) is 18.6 Å². The summed E-state index contributed by atoms with van der Waals surface area (Å²) in [7, 11) is -2.05. The summed E-state index contributed by atoms with van der Waals surface area (Å²) in [5.74, 6) is 0.796. The van der Waals surface area contributed by atoms with Gasteiger partial charge in [0.2, 0.25) is 0 Å². The zero-order valence-corrected chi connectivity index (χ0v) is 13.7. The van der Waals surface area contributed by atoms with E-state index in [1.807, 2.05) is 25.1 Å². The van der Waals surface area contributed by atoms with Crippen molar-refractivity contribution >= 4 is 26.7 Å². The number of sulfonamides is 1. The van der Waals surface area contributed by atoms with Crippen LogP contribution in [0.25, 0.3) is 10.9 Å². The smallest absolute Gasteiger partial charge is 0.255 e. The monoisotopic (exact) mass is 331 g/mol. The number of fused-ring (bicyclic) bond motifs is 2. The van der Waals surface area contributed by atoms with E-state index in [0.717, 1.165) is 6.54 Å². The summed E-state index contributed by atoms with van der Waals surface area (Å²) in [5.41, 5.74) is 0.673. The Bertz CT molecular complexity index is 988. The molecule has 0 radical (unpaired) electrons. The summed E-state index contributed by atoms with van der Waals surface area (Å²) in [4.78, 5) is 0. The highest BCUT2D eigenvalue weighted by Crippen LogP contribution is 2.31. The molecule has 1 aromatic carbocycles. The number of aryl methyl sites for hydroxylation is 1. The van der Waals surface area contributed by atoms with Crippen molar-refractivity contribution < 1.29 is 8.42 Å². The maximum Gasteiger partial charge on any atom is 0.283 e. The SMILES string of the molecule is CC1CN(S(=O)(=O)c2c3ccccc3nn2C)c2ccnn2C1. The van der Waals surface area contributed by atoms with Crippen molar-refractivity contribution in [3.8, 4) is 0 Å². The molecular formula is C15H17N5O2S. The molecule has 0 amide bonds. The number of nitrogens with zero attached hydrogens (tertiary/aromatic N) is 5. The van der Waals surface area contributed by atoms with Gasteiger partial charge in [0.05, 0.1) is 11.7 Å². The number of anilines is 1. The third kappa shape index (κ3) is 2.05. The van der Waals surface area contributed by atoms with Crippen LogP contribution in [0.4, 0.5) is 5.82 Å². The lowest BCUT2D eigenvalue weighted by molar-refractivity contribution is 0.424. The minimum Gasteiger partial charge on any atom is -0.255 e. The molecule has 3 aromatic rings. The summed E-state index contributed by atoms with van der Waals surface area (Å²) >= 11 is 0. The zero-order valence-electron chi connectivity index (χ0n) is 12.9. The number of hydrogen-bond acceptors (Lipinski definition) is 4. The Kier molecular flexibility index (Phi) is 2.99. The lowest BCUT2D eigenvalue weighted by atomic mass is 10.1. The molecule has 0 saturated heterocycles. The van der Waals surface area contributed by atoms with Crippen LogP contribution < -0.4 is 4.31 Å². The third-order valence-corrected chi connectivity index (χ3v) is 6.02. The predicted molar refractivity (Wildman–Crippen MR) is 86.6 cm³/mol. The number of aromatic nitrogens is 4. The quantitative estimate of drug-likeness (QED) is 0.715. The molecule has 0 bridgehead atoms. The minimum atomic E-state index is -3.72. The Hall–Kier alpha value is -2.35. The average Bonchev–Trinajstić information content (AvgIpc) is 3.08. The topological polar surface area (TPSA) is 73.0 Å². The van der Waals surface area contributed by atoms with Gasteiger partial charge in [-0.3, -0.25) is 4.68 Å². The first-order chi connectivity index (χ1) is 11.0. The van der Waals surface area contributed by atoms with Crippen molar-refractivity contribution in [2.45, 2.75) is 18.5 Å². The van der Waals surface area contributed by atoms with Crippen LogP contribution in [0.2, 0.25) is 0 Å². The van der Waals surface area contributed by atoms with Crippen molar-refractivity contribution in [2.24, 2.45) is 13.0 Å². The molecule has 3 heterocycles. The molecule has 0 aliphatic carbocycles. The number of rotatable bonds is 2. The second-order valence-electron chi connectivity index (χ2n) is 5.96. The molecule has 8 heteroatoms. The fourth-order valence-corrected chi connectivity index (χ4v) is 5.05. The van der Waals surface area contributed by atoms with E-state index in [0.29, 0.717) is 23.3 Å². The lowest BCUT2D eigenvalue weighted by Crippen LogP contribution is -2.42. The van der Waals surface area contributed by atoms with E-state index >= 15 is 0 Å². The summed E-state index contributed by atoms with van der Waals surface area (Å²) < 4.78 is 31.3. The maximum absolute atomic E-state index is 13.3. The van der Waals surface area contributed by atoms with Crippen molar-refractivity contribution in [1.29, 1.82) is 0 Å². The Morgan fingerprint density at radius 3 is 2.78 bits per heavy atom. The van der Waals surface area contributed by atoms with Gasteiger partial charge < -0.3 is 0 Å². The normalized spacial score (nSPS) is 18.3. The molecule has 0 N–H and O–H groups in total. The second-order valence-corrected chi connectivity index (χ2v) is 7.74. The molecule has 0 spiro atoms. The van der Waals surface area contributed by atoms with E-state index in [1.54, 1.807) is 30.1 Å². The minimum absolute atomic E-state index is 0.191. The van der Waals surface area contributed by atoms with Gasteiger partial charge in [-0.1, -0.05) is 19.1 Å². The summed E-state index contributed by atoms with van der Waals surface area (Å²) in [5, 5.41) is 9.41. The van der Waals surface area contributed by atoms with Crippen molar-refractivity contribution in [2.75, 3.05) is 10.8 Å². The van der Waals surface area contributed by atoms with Crippen LogP contribution in [0.3, 0.4) is 0 Å². The van der Waals surface area contributed by atoms with E-state index in [1.165, 1.54) is 8.99 Å².